The number of hydrogen-bond acceptors (Lipinski definition) is 5. The second-order valence-corrected chi connectivity index (χ2v) is 6.42. The van der Waals surface area contributed by atoms with Gasteiger partial charge in [-0.25, -0.2) is 4.39 Å². The summed E-state index contributed by atoms with van der Waals surface area (Å²) in [4.78, 5) is 38.4. The SMILES string of the molecule is CC(=O)N1CCN(c2ccc(C(=O)Nc3cccc(F)c3)cc2[N+](=O)[O-])CC1. The maximum absolute atomic E-state index is 13.3. The molecule has 28 heavy (non-hydrogen) atoms. The van der Waals surface area contributed by atoms with Gasteiger partial charge in [0.1, 0.15) is 11.5 Å². The number of hydrogen-bond donors (Lipinski definition) is 1. The second-order valence-electron chi connectivity index (χ2n) is 6.42. The Kier molecular flexibility index (Phi) is 5.53. The number of nitrogens with zero attached hydrogens (tertiary/aromatic N) is 3. The van der Waals surface area contributed by atoms with Gasteiger partial charge in [0.2, 0.25) is 5.91 Å². The summed E-state index contributed by atoms with van der Waals surface area (Å²) in [7, 11) is 0. The molecule has 0 atom stereocenters. The van der Waals surface area contributed by atoms with Crippen LogP contribution in [-0.2, 0) is 4.79 Å². The topological polar surface area (TPSA) is 95.8 Å². The van der Waals surface area contributed by atoms with E-state index < -0.39 is 16.6 Å². The van der Waals surface area contributed by atoms with E-state index in [9.17, 15) is 24.1 Å². The summed E-state index contributed by atoms with van der Waals surface area (Å²) < 4.78 is 13.3. The van der Waals surface area contributed by atoms with Crippen LogP contribution in [0.1, 0.15) is 17.3 Å². The van der Waals surface area contributed by atoms with Crippen molar-refractivity contribution in [2.45, 2.75) is 6.92 Å². The summed E-state index contributed by atoms with van der Waals surface area (Å²) in [5.74, 6) is -1.09. The van der Waals surface area contributed by atoms with Gasteiger partial charge in [-0.2, -0.15) is 0 Å². The molecule has 8 nitrogen and oxygen atoms in total. The molecule has 9 heteroatoms. The molecule has 146 valence electrons. The molecule has 2 amide bonds. The number of halogens is 1. The van der Waals surface area contributed by atoms with E-state index in [1.165, 1.54) is 43.3 Å². The maximum Gasteiger partial charge on any atom is 0.293 e. The summed E-state index contributed by atoms with van der Waals surface area (Å²) in [5, 5.41) is 14.1. The number of amides is 2. The molecule has 1 N–H and O–H groups in total. The Balaban J connectivity index is 1.80. The van der Waals surface area contributed by atoms with Crippen molar-refractivity contribution < 1.29 is 18.9 Å². The lowest BCUT2D eigenvalue weighted by molar-refractivity contribution is -0.384. The molecule has 0 radical (unpaired) electrons. The van der Waals surface area contributed by atoms with Crippen LogP contribution in [-0.4, -0.2) is 47.8 Å². The van der Waals surface area contributed by atoms with Gasteiger partial charge < -0.3 is 15.1 Å². The molecule has 2 aromatic carbocycles. The summed E-state index contributed by atoms with van der Waals surface area (Å²) in [6.07, 6.45) is 0. The average Bonchev–Trinajstić information content (AvgIpc) is 2.67. The van der Waals surface area contributed by atoms with Crippen molar-refractivity contribution in [3.8, 4) is 0 Å². The van der Waals surface area contributed by atoms with E-state index in [1.54, 1.807) is 4.90 Å². The van der Waals surface area contributed by atoms with Crippen molar-refractivity contribution >= 4 is 28.9 Å². The molecule has 0 unspecified atom stereocenters. The third-order valence-electron chi connectivity index (χ3n) is 4.58. The third kappa shape index (κ3) is 4.25. The van der Waals surface area contributed by atoms with E-state index in [0.29, 0.717) is 31.9 Å². The number of piperazine rings is 1. The highest BCUT2D eigenvalue weighted by atomic mass is 19.1. The van der Waals surface area contributed by atoms with E-state index in [4.69, 9.17) is 0 Å². The van der Waals surface area contributed by atoms with Crippen LogP contribution in [0.15, 0.2) is 42.5 Å². The molecular formula is C19H19FN4O4. The molecule has 1 fully saturated rings. The lowest BCUT2D eigenvalue weighted by atomic mass is 10.1. The molecule has 1 heterocycles. The predicted octanol–water partition coefficient (Wildman–Crippen LogP) is 2.65. The average molecular weight is 386 g/mol. The number of benzene rings is 2. The van der Waals surface area contributed by atoms with Crippen LogP contribution in [0.25, 0.3) is 0 Å². The predicted molar refractivity (Wildman–Crippen MR) is 102 cm³/mol. The number of rotatable bonds is 4. The molecule has 0 aromatic heterocycles. The molecule has 1 aliphatic heterocycles. The molecular weight excluding hydrogens is 367 g/mol. The first-order chi connectivity index (χ1) is 13.3. The van der Waals surface area contributed by atoms with Crippen LogP contribution in [0.4, 0.5) is 21.5 Å². The molecule has 2 aromatic rings. The van der Waals surface area contributed by atoms with E-state index >= 15 is 0 Å². The Morgan fingerprint density at radius 3 is 2.43 bits per heavy atom. The fourth-order valence-corrected chi connectivity index (χ4v) is 3.11. The fourth-order valence-electron chi connectivity index (χ4n) is 3.11. The summed E-state index contributed by atoms with van der Waals surface area (Å²) in [6.45, 7) is 3.39. The van der Waals surface area contributed by atoms with E-state index in [1.807, 2.05) is 4.90 Å². The first-order valence-corrected chi connectivity index (χ1v) is 8.71. The zero-order valence-corrected chi connectivity index (χ0v) is 15.2. The molecule has 0 aliphatic carbocycles. The molecule has 0 saturated carbocycles. The van der Waals surface area contributed by atoms with Gasteiger partial charge in [0.05, 0.1) is 4.92 Å². The monoisotopic (exact) mass is 386 g/mol. The van der Waals surface area contributed by atoms with Crippen molar-refractivity contribution in [3.63, 3.8) is 0 Å². The van der Waals surface area contributed by atoms with Crippen LogP contribution < -0.4 is 10.2 Å². The van der Waals surface area contributed by atoms with Gasteiger partial charge in [0, 0.05) is 50.4 Å². The van der Waals surface area contributed by atoms with Crippen molar-refractivity contribution in [2.75, 3.05) is 36.4 Å². The van der Waals surface area contributed by atoms with Crippen LogP contribution in [0, 0.1) is 15.9 Å². The second kappa shape index (κ2) is 8.03. The third-order valence-corrected chi connectivity index (χ3v) is 4.58. The van der Waals surface area contributed by atoms with Crippen molar-refractivity contribution in [2.24, 2.45) is 0 Å². The summed E-state index contributed by atoms with van der Waals surface area (Å²) in [5.41, 5.74) is 0.567. The lowest BCUT2D eigenvalue weighted by Crippen LogP contribution is -2.48. The Labute approximate surface area is 160 Å². The Bertz CT molecular complexity index is 926. The Morgan fingerprint density at radius 1 is 1.11 bits per heavy atom. The summed E-state index contributed by atoms with van der Waals surface area (Å²) in [6, 6.07) is 9.63. The normalized spacial score (nSPS) is 13.9. The number of anilines is 2. The van der Waals surface area contributed by atoms with Gasteiger partial charge in [0.25, 0.3) is 11.6 Å². The maximum atomic E-state index is 13.3. The van der Waals surface area contributed by atoms with Gasteiger partial charge in [-0.3, -0.25) is 19.7 Å². The standard InChI is InChI=1S/C19H19FN4O4/c1-13(25)22-7-9-23(10-8-22)17-6-5-14(11-18(17)24(27)28)19(26)21-16-4-2-3-15(20)12-16/h2-6,11-12H,7-10H2,1H3,(H,21,26). The molecule has 0 spiro atoms. The highest BCUT2D eigenvalue weighted by molar-refractivity contribution is 6.05. The number of nitro benzene ring substituents is 1. The Morgan fingerprint density at radius 2 is 1.82 bits per heavy atom. The van der Waals surface area contributed by atoms with Crippen molar-refractivity contribution in [3.05, 3.63) is 64.0 Å². The minimum absolute atomic E-state index is 0.0292. The van der Waals surface area contributed by atoms with Gasteiger partial charge in [-0.1, -0.05) is 6.07 Å². The highest BCUT2D eigenvalue weighted by Gasteiger charge is 2.25. The first-order valence-electron chi connectivity index (χ1n) is 8.71. The fraction of sp³-hybridized carbons (Fsp3) is 0.263. The molecule has 3 rings (SSSR count). The van der Waals surface area contributed by atoms with Crippen LogP contribution in [0.3, 0.4) is 0 Å². The quantitative estimate of drug-likeness (QED) is 0.644. The van der Waals surface area contributed by atoms with Gasteiger partial charge in [-0.15, -0.1) is 0 Å². The van der Waals surface area contributed by atoms with Crippen LogP contribution in [0.2, 0.25) is 0 Å². The van der Waals surface area contributed by atoms with Gasteiger partial charge in [0.15, 0.2) is 0 Å². The van der Waals surface area contributed by atoms with Crippen molar-refractivity contribution in [1.29, 1.82) is 0 Å². The largest absolute Gasteiger partial charge is 0.362 e. The first kappa shape index (κ1) is 19.3. The smallest absolute Gasteiger partial charge is 0.293 e. The zero-order valence-electron chi connectivity index (χ0n) is 15.2. The molecule has 1 saturated heterocycles. The van der Waals surface area contributed by atoms with E-state index in [2.05, 4.69) is 5.32 Å². The zero-order chi connectivity index (χ0) is 20.3. The summed E-state index contributed by atoms with van der Waals surface area (Å²) >= 11 is 0. The molecule has 0 bridgehead atoms. The Hall–Kier alpha value is -3.49. The van der Waals surface area contributed by atoms with Gasteiger partial charge in [-0.05, 0) is 30.3 Å². The van der Waals surface area contributed by atoms with Crippen LogP contribution in [0.5, 0.6) is 0 Å². The van der Waals surface area contributed by atoms with E-state index in [0.717, 1.165) is 6.07 Å². The minimum atomic E-state index is -0.568. The van der Waals surface area contributed by atoms with E-state index in [-0.39, 0.29) is 22.8 Å². The van der Waals surface area contributed by atoms with Gasteiger partial charge >= 0.3 is 0 Å². The molecule has 1 aliphatic rings. The number of carbonyl (C=O) groups excluding carboxylic acids is 2. The minimum Gasteiger partial charge on any atom is -0.362 e. The highest BCUT2D eigenvalue weighted by Crippen LogP contribution is 2.30. The number of carbonyl (C=O) groups is 2. The van der Waals surface area contributed by atoms with Crippen LogP contribution >= 0.6 is 0 Å². The van der Waals surface area contributed by atoms with Crippen molar-refractivity contribution in [1.82, 2.24) is 4.90 Å². The number of nitro groups is 1. The lowest BCUT2D eigenvalue weighted by Gasteiger charge is -2.35. The number of nitrogens with one attached hydrogen (secondary N) is 1.